The van der Waals surface area contributed by atoms with Gasteiger partial charge in [0.15, 0.2) is 0 Å². The molecular formula is C6H16N2S. The number of hydrogen-bond donors (Lipinski definition) is 1. The summed E-state index contributed by atoms with van der Waals surface area (Å²) in [6, 6.07) is 0. The lowest BCUT2D eigenvalue weighted by Crippen LogP contribution is -2.26. The van der Waals surface area contributed by atoms with Crippen molar-refractivity contribution in [3.8, 4) is 0 Å². The molecule has 3 heteroatoms. The van der Waals surface area contributed by atoms with E-state index in [-0.39, 0.29) is 0 Å². The fraction of sp³-hybridized carbons (Fsp3) is 1.00. The lowest BCUT2D eigenvalue weighted by Gasteiger charge is -2.15. The van der Waals surface area contributed by atoms with Crippen LogP contribution in [0, 0.1) is 0 Å². The molecule has 0 fully saturated rings. The minimum Gasteiger partial charge on any atom is -0.305 e. The molecule has 0 radical (unpaired) electrons. The van der Waals surface area contributed by atoms with Gasteiger partial charge in [0, 0.05) is 13.1 Å². The van der Waals surface area contributed by atoms with Crippen LogP contribution in [0.2, 0.25) is 0 Å². The number of nitrogens with zero attached hydrogens (tertiary/aromatic N) is 2. The van der Waals surface area contributed by atoms with Crippen molar-refractivity contribution in [2.75, 3.05) is 33.7 Å². The summed E-state index contributed by atoms with van der Waals surface area (Å²) in [6.45, 7) is 5.38. The lowest BCUT2D eigenvalue weighted by atomic mass is 10.5. The highest BCUT2D eigenvalue weighted by atomic mass is 32.1. The van der Waals surface area contributed by atoms with Gasteiger partial charge in [-0.05, 0) is 20.6 Å². The Morgan fingerprint density at radius 2 is 1.78 bits per heavy atom. The largest absolute Gasteiger partial charge is 0.305 e. The third kappa shape index (κ3) is 6.15. The van der Waals surface area contributed by atoms with Crippen molar-refractivity contribution < 1.29 is 0 Å². The van der Waals surface area contributed by atoms with E-state index < -0.39 is 0 Å². The van der Waals surface area contributed by atoms with Crippen LogP contribution >= 0.6 is 12.8 Å². The van der Waals surface area contributed by atoms with Crippen molar-refractivity contribution in [2.45, 2.75) is 6.92 Å². The van der Waals surface area contributed by atoms with Crippen molar-refractivity contribution in [3.05, 3.63) is 0 Å². The zero-order chi connectivity index (χ0) is 7.28. The Morgan fingerprint density at radius 1 is 1.22 bits per heavy atom. The van der Waals surface area contributed by atoms with Gasteiger partial charge in [0.2, 0.25) is 0 Å². The molecule has 0 unspecified atom stereocenters. The maximum absolute atomic E-state index is 4.12. The highest BCUT2D eigenvalue weighted by Gasteiger charge is 1.94. The second kappa shape index (κ2) is 5.09. The summed E-state index contributed by atoms with van der Waals surface area (Å²) in [5.74, 6) is 0. The van der Waals surface area contributed by atoms with E-state index in [1.165, 1.54) is 0 Å². The van der Waals surface area contributed by atoms with Crippen LogP contribution in [0.4, 0.5) is 0 Å². The zero-order valence-corrected chi connectivity index (χ0v) is 7.36. The average molecular weight is 148 g/mol. The SMILES string of the molecule is CCN(C)CCN(C)S. The van der Waals surface area contributed by atoms with Gasteiger partial charge in [-0.1, -0.05) is 19.7 Å². The molecule has 0 saturated carbocycles. The maximum Gasteiger partial charge on any atom is 0.0212 e. The van der Waals surface area contributed by atoms with E-state index in [1.807, 2.05) is 11.4 Å². The van der Waals surface area contributed by atoms with E-state index in [1.54, 1.807) is 0 Å². The molecule has 0 aliphatic rings. The van der Waals surface area contributed by atoms with Crippen LogP contribution in [0.5, 0.6) is 0 Å². The third-order valence-electron chi connectivity index (χ3n) is 1.35. The van der Waals surface area contributed by atoms with Crippen molar-refractivity contribution in [1.82, 2.24) is 9.21 Å². The minimum atomic E-state index is 1.02. The molecule has 56 valence electrons. The van der Waals surface area contributed by atoms with Gasteiger partial charge in [-0.2, -0.15) is 0 Å². The summed E-state index contributed by atoms with van der Waals surface area (Å²) < 4.78 is 1.90. The van der Waals surface area contributed by atoms with Gasteiger partial charge in [0.05, 0.1) is 0 Å². The summed E-state index contributed by atoms with van der Waals surface area (Å²) in [5.41, 5.74) is 0. The Morgan fingerprint density at radius 3 is 2.11 bits per heavy atom. The summed E-state index contributed by atoms with van der Waals surface area (Å²) in [4.78, 5) is 2.26. The molecule has 2 nitrogen and oxygen atoms in total. The molecule has 0 heterocycles. The fourth-order valence-corrected chi connectivity index (χ4v) is 0.563. The molecule has 0 aliphatic carbocycles. The topological polar surface area (TPSA) is 6.48 Å². The highest BCUT2D eigenvalue weighted by molar-refractivity contribution is 7.77. The predicted octanol–water partition coefficient (Wildman–Crippen LogP) is 0.715. The van der Waals surface area contributed by atoms with E-state index in [2.05, 4.69) is 31.7 Å². The molecule has 0 aliphatic heterocycles. The first-order chi connectivity index (χ1) is 4.16. The van der Waals surface area contributed by atoms with Crippen LogP contribution in [0.15, 0.2) is 0 Å². The second-order valence-corrected chi connectivity index (χ2v) is 2.96. The molecule has 0 aromatic rings. The Labute approximate surface area is 63.4 Å². The molecule has 0 bridgehead atoms. The Hall–Kier alpha value is 0.270. The van der Waals surface area contributed by atoms with Gasteiger partial charge >= 0.3 is 0 Å². The van der Waals surface area contributed by atoms with Crippen LogP contribution in [0.1, 0.15) is 6.92 Å². The molecule has 0 rings (SSSR count). The summed E-state index contributed by atoms with van der Waals surface area (Å²) in [5, 5.41) is 0. The van der Waals surface area contributed by atoms with Gasteiger partial charge in [-0.15, -0.1) is 0 Å². The third-order valence-corrected chi connectivity index (χ3v) is 1.55. The summed E-state index contributed by atoms with van der Waals surface area (Å²) in [6.07, 6.45) is 0. The normalized spacial score (nSPS) is 11.3. The number of likely N-dealkylation sites (N-methyl/N-ethyl adjacent to an activating group) is 2. The molecule has 0 saturated heterocycles. The van der Waals surface area contributed by atoms with Crippen LogP contribution in [0.3, 0.4) is 0 Å². The maximum atomic E-state index is 4.12. The first-order valence-electron chi connectivity index (χ1n) is 3.25. The van der Waals surface area contributed by atoms with Crippen molar-refractivity contribution in [1.29, 1.82) is 0 Å². The van der Waals surface area contributed by atoms with Gasteiger partial charge in [0.1, 0.15) is 0 Å². The van der Waals surface area contributed by atoms with E-state index in [4.69, 9.17) is 0 Å². The average Bonchev–Trinajstić information content (AvgIpc) is 1.83. The van der Waals surface area contributed by atoms with Crippen molar-refractivity contribution >= 4 is 12.8 Å². The van der Waals surface area contributed by atoms with Crippen molar-refractivity contribution in [2.24, 2.45) is 0 Å². The van der Waals surface area contributed by atoms with E-state index in [0.29, 0.717) is 0 Å². The molecule has 0 spiro atoms. The molecule has 0 amide bonds. The van der Waals surface area contributed by atoms with E-state index in [0.717, 1.165) is 19.6 Å². The first-order valence-corrected chi connectivity index (χ1v) is 3.65. The monoisotopic (exact) mass is 148 g/mol. The number of thiol groups is 1. The quantitative estimate of drug-likeness (QED) is 0.587. The summed E-state index contributed by atoms with van der Waals surface area (Å²) >= 11 is 4.12. The molecule has 0 N–H and O–H groups in total. The van der Waals surface area contributed by atoms with Gasteiger partial charge in [-0.3, -0.25) is 4.31 Å². The predicted molar refractivity (Wildman–Crippen MR) is 44.8 cm³/mol. The van der Waals surface area contributed by atoms with Crippen LogP contribution in [-0.2, 0) is 0 Å². The lowest BCUT2D eigenvalue weighted by molar-refractivity contribution is 0.330. The molecule has 0 aromatic carbocycles. The van der Waals surface area contributed by atoms with E-state index in [9.17, 15) is 0 Å². The highest BCUT2D eigenvalue weighted by Crippen LogP contribution is 1.87. The minimum absolute atomic E-state index is 1.02. The molecule has 0 atom stereocenters. The Bertz CT molecular complexity index is 66.1. The van der Waals surface area contributed by atoms with Crippen molar-refractivity contribution in [3.63, 3.8) is 0 Å². The van der Waals surface area contributed by atoms with Gasteiger partial charge in [0.25, 0.3) is 0 Å². The number of rotatable bonds is 4. The summed E-state index contributed by atoms with van der Waals surface area (Å²) in [7, 11) is 4.07. The fourth-order valence-electron chi connectivity index (χ4n) is 0.474. The van der Waals surface area contributed by atoms with Gasteiger partial charge in [-0.25, -0.2) is 0 Å². The molecule has 9 heavy (non-hydrogen) atoms. The van der Waals surface area contributed by atoms with Crippen LogP contribution < -0.4 is 0 Å². The van der Waals surface area contributed by atoms with Gasteiger partial charge < -0.3 is 4.90 Å². The second-order valence-electron chi connectivity index (χ2n) is 2.28. The standard InChI is InChI=1S/C6H16N2S/c1-4-7(2)5-6-8(3)9/h9H,4-6H2,1-3H3. The van der Waals surface area contributed by atoms with E-state index >= 15 is 0 Å². The Balaban J connectivity index is 3.06. The zero-order valence-electron chi connectivity index (χ0n) is 6.46. The van der Waals surface area contributed by atoms with Crippen LogP contribution in [-0.4, -0.2) is 42.9 Å². The smallest absolute Gasteiger partial charge is 0.0212 e. The Kier molecular flexibility index (Phi) is 5.24. The van der Waals surface area contributed by atoms with Crippen LogP contribution in [0.25, 0.3) is 0 Å². The molecular weight excluding hydrogens is 132 g/mol. The first kappa shape index (κ1) is 9.27. The molecule has 0 aromatic heterocycles. The number of hydrogen-bond acceptors (Lipinski definition) is 3.